The second-order valence-corrected chi connectivity index (χ2v) is 15.3. The third kappa shape index (κ3) is 5.21. The lowest BCUT2D eigenvalue weighted by molar-refractivity contribution is -0.225. The molecule has 0 radical (unpaired) electrons. The quantitative estimate of drug-likeness (QED) is 0.282. The van der Waals surface area contributed by atoms with Gasteiger partial charge in [0, 0.05) is 12.3 Å². The molecule has 2 aliphatic rings. The molecule has 0 amide bonds. The monoisotopic (exact) mass is 468 g/mol. The van der Waals surface area contributed by atoms with E-state index in [0.717, 1.165) is 38.5 Å². The van der Waals surface area contributed by atoms with Crippen molar-refractivity contribution >= 4 is 14.1 Å². The molecule has 0 spiro atoms. The minimum Gasteiger partial charge on any atom is -0.409 e. The summed E-state index contributed by atoms with van der Waals surface area (Å²) >= 11 is 0. The maximum atomic E-state index is 12.6. The van der Waals surface area contributed by atoms with Crippen molar-refractivity contribution < 1.29 is 18.7 Å². The number of hydrogen-bond acceptors (Lipinski definition) is 4. The maximum absolute atomic E-state index is 12.6. The standard InChI is InChI=1S/C27H52O4Si/c1-10-22(23(28)11-2)25-20(8)19-27(13-4,30-25)24-17-18-26(12-3,21(9)29-24)31-32(14-5,15-6)16-7/h20-22,24-25H,10-19H2,1-9H3/t20-,21-,22-,24+,25-,26+,27-/m0/s1. The fraction of sp³-hybridized carbons (Fsp3) is 0.963. The lowest BCUT2D eigenvalue weighted by Crippen LogP contribution is -2.60. The summed E-state index contributed by atoms with van der Waals surface area (Å²) in [6.07, 6.45) is 6.53. The Morgan fingerprint density at radius 3 is 2.09 bits per heavy atom. The molecule has 5 heteroatoms. The smallest absolute Gasteiger partial charge is 0.192 e. The van der Waals surface area contributed by atoms with Crippen molar-refractivity contribution in [3.63, 3.8) is 0 Å². The van der Waals surface area contributed by atoms with Gasteiger partial charge in [0.25, 0.3) is 0 Å². The molecular formula is C27H52O4Si. The van der Waals surface area contributed by atoms with E-state index in [4.69, 9.17) is 13.9 Å². The summed E-state index contributed by atoms with van der Waals surface area (Å²) in [6, 6.07) is 3.51. The van der Waals surface area contributed by atoms with Crippen molar-refractivity contribution in [1.29, 1.82) is 0 Å². The van der Waals surface area contributed by atoms with Crippen LogP contribution in [0.1, 0.15) is 107 Å². The van der Waals surface area contributed by atoms with Crippen LogP contribution in [0.15, 0.2) is 0 Å². The van der Waals surface area contributed by atoms with Gasteiger partial charge in [-0.25, -0.2) is 0 Å². The number of carbonyl (C=O) groups excluding carboxylic acids is 1. The molecular weight excluding hydrogens is 416 g/mol. The average Bonchev–Trinajstić information content (AvgIpc) is 3.16. The predicted molar refractivity (Wildman–Crippen MR) is 136 cm³/mol. The zero-order valence-corrected chi connectivity index (χ0v) is 23.6. The molecule has 4 nitrogen and oxygen atoms in total. The van der Waals surface area contributed by atoms with Crippen LogP contribution in [0.25, 0.3) is 0 Å². The molecule has 0 unspecified atom stereocenters. The van der Waals surface area contributed by atoms with Crippen LogP contribution in [0.4, 0.5) is 0 Å². The van der Waals surface area contributed by atoms with E-state index in [0.29, 0.717) is 18.1 Å². The van der Waals surface area contributed by atoms with Gasteiger partial charge >= 0.3 is 0 Å². The lowest BCUT2D eigenvalue weighted by Gasteiger charge is -2.52. The van der Waals surface area contributed by atoms with Gasteiger partial charge in [0.1, 0.15) is 5.78 Å². The molecule has 0 saturated carbocycles. The highest BCUT2D eigenvalue weighted by Crippen LogP contribution is 2.49. The molecule has 7 atom stereocenters. The van der Waals surface area contributed by atoms with Gasteiger partial charge in [-0.3, -0.25) is 4.79 Å². The Hall–Kier alpha value is -0.233. The summed E-state index contributed by atoms with van der Waals surface area (Å²) in [4.78, 5) is 12.6. The van der Waals surface area contributed by atoms with E-state index in [1.165, 1.54) is 18.1 Å². The van der Waals surface area contributed by atoms with Gasteiger partial charge in [-0.2, -0.15) is 0 Å². The number of ether oxygens (including phenoxy) is 2. The molecule has 2 aliphatic heterocycles. The van der Waals surface area contributed by atoms with E-state index in [1.54, 1.807) is 0 Å². The van der Waals surface area contributed by atoms with E-state index < -0.39 is 8.32 Å². The first-order chi connectivity index (χ1) is 15.2. The SMILES string of the molecule is CCC(=O)[C@H](CC)[C@H]1O[C@](CC)([C@H]2CC[C@@](CC)(O[Si](CC)(CC)CC)[C@H](C)O2)C[C@@H]1C. The highest BCUT2D eigenvalue weighted by atomic mass is 28.4. The zero-order valence-electron chi connectivity index (χ0n) is 22.6. The highest BCUT2D eigenvalue weighted by Gasteiger charge is 2.56. The topological polar surface area (TPSA) is 44.8 Å². The molecule has 0 aromatic heterocycles. The van der Waals surface area contributed by atoms with Crippen molar-refractivity contribution in [2.24, 2.45) is 11.8 Å². The van der Waals surface area contributed by atoms with Crippen LogP contribution in [-0.4, -0.2) is 43.6 Å². The molecule has 32 heavy (non-hydrogen) atoms. The summed E-state index contributed by atoms with van der Waals surface area (Å²) in [7, 11) is -1.73. The Labute approximate surface area is 199 Å². The molecule has 2 fully saturated rings. The largest absolute Gasteiger partial charge is 0.409 e. The predicted octanol–water partition coefficient (Wildman–Crippen LogP) is 7.30. The molecule has 2 saturated heterocycles. The average molecular weight is 469 g/mol. The van der Waals surface area contributed by atoms with Crippen LogP contribution in [0.2, 0.25) is 18.1 Å². The van der Waals surface area contributed by atoms with Crippen LogP contribution in [0.5, 0.6) is 0 Å². The molecule has 0 aromatic rings. The fourth-order valence-electron chi connectivity index (χ4n) is 6.62. The van der Waals surface area contributed by atoms with Crippen LogP contribution in [0, 0.1) is 11.8 Å². The number of carbonyl (C=O) groups is 1. The van der Waals surface area contributed by atoms with E-state index >= 15 is 0 Å². The molecule has 0 N–H and O–H groups in total. The second kappa shape index (κ2) is 11.5. The van der Waals surface area contributed by atoms with Gasteiger partial charge in [0.15, 0.2) is 8.32 Å². The van der Waals surface area contributed by atoms with Gasteiger partial charge < -0.3 is 13.9 Å². The molecule has 2 heterocycles. The van der Waals surface area contributed by atoms with Gasteiger partial charge in [-0.1, -0.05) is 55.4 Å². The summed E-state index contributed by atoms with van der Waals surface area (Å²) in [5.41, 5.74) is -0.456. The van der Waals surface area contributed by atoms with Crippen molar-refractivity contribution in [3.8, 4) is 0 Å². The number of hydrogen-bond donors (Lipinski definition) is 0. The van der Waals surface area contributed by atoms with Crippen molar-refractivity contribution in [1.82, 2.24) is 0 Å². The normalized spacial score (nSPS) is 36.9. The Kier molecular flexibility index (Phi) is 10.0. The van der Waals surface area contributed by atoms with Gasteiger partial charge in [-0.15, -0.1) is 0 Å². The van der Waals surface area contributed by atoms with E-state index in [9.17, 15) is 4.79 Å². The summed E-state index contributed by atoms with van der Waals surface area (Å²) in [5, 5.41) is 0. The minimum atomic E-state index is -1.73. The third-order valence-corrected chi connectivity index (χ3v) is 14.0. The van der Waals surface area contributed by atoms with Crippen LogP contribution >= 0.6 is 0 Å². The van der Waals surface area contributed by atoms with Gasteiger partial charge in [0.2, 0.25) is 0 Å². The fourth-order valence-corrected chi connectivity index (χ4v) is 9.82. The van der Waals surface area contributed by atoms with E-state index in [1.807, 2.05) is 6.92 Å². The number of ketones is 1. The number of rotatable bonds is 12. The summed E-state index contributed by atoms with van der Waals surface area (Å²) in [6.45, 7) is 20.0. The van der Waals surface area contributed by atoms with E-state index in [2.05, 4.69) is 55.4 Å². The number of Topliss-reactive ketones (excluding diaryl/α,β-unsaturated/α-hetero) is 1. The van der Waals surface area contributed by atoms with Crippen LogP contribution in [-0.2, 0) is 18.7 Å². The molecule has 2 rings (SSSR count). The van der Waals surface area contributed by atoms with Crippen molar-refractivity contribution in [2.75, 3.05) is 0 Å². The minimum absolute atomic E-state index is 0.00721. The molecule has 0 aromatic carbocycles. The van der Waals surface area contributed by atoms with E-state index in [-0.39, 0.29) is 35.4 Å². The summed E-state index contributed by atoms with van der Waals surface area (Å²) in [5.74, 6) is 0.726. The Bertz CT molecular complexity index is 598. The molecule has 0 bridgehead atoms. The van der Waals surface area contributed by atoms with Crippen LogP contribution < -0.4 is 0 Å². The first-order valence-electron chi connectivity index (χ1n) is 13.7. The molecule has 188 valence electrons. The van der Waals surface area contributed by atoms with Gasteiger partial charge in [0.05, 0.1) is 29.5 Å². The highest BCUT2D eigenvalue weighted by molar-refractivity contribution is 6.73. The Morgan fingerprint density at radius 2 is 1.66 bits per heavy atom. The maximum Gasteiger partial charge on any atom is 0.192 e. The van der Waals surface area contributed by atoms with Crippen molar-refractivity contribution in [3.05, 3.63) is 0 Å². The first kappa shape index (κ1) is 28.0. The Balaban J connectivity index is 2.22. The van der Waals surface area contributed by atoms with Crippen LogP contribution in [0.3, 0.4) is 0 Å². The Morgan fingerprint density at radius 1 is 1.03 bits per heavy atom. The first-order valence-corrected chi connectivity index (χ1v) is 16.2. The zero-order chi connectivity index (χ0) is 24.2. The summed E-state index contributed by atoms with van der Waals surface area (Å²) < 4.78 is 20.8. The van der Waals surface area contributed by atoms with Gasteiger partial charge in [-0.05, 0) is 69.5 Å². The van der Waals surface area contributed by atoms with Crippen molar-refractivity contribution in [2.45, 2.75) is 155 Å². The molecule has 0 aliphatic carbocycles. The second-order valence-electron chi connectivity index (χ2n) is 10.6. The lowest BCUT2D eigenvalue weighted by atomic mass is 9.77. The third-order valence-electron chi connectivity index (χ3n) is 9.27.